The smallest absolute Gasteiger partial charge is 0.270 e. The number of thiophene rings is 1. The molecule has 33 heavy (non-hydrogen) atoms. The van der Waals surface area contributed by atoms with E-state index in [0.717, 1.165) is 28.0 Å². The highest BCUT2D eigenvalue weighted by Gasteiger charge is 2.29. The molecule has 0 radical (unpaired) electrons. The van der Waals surface area contributed by atoms with Gasteiger partial charge in [-0.05, 0) is 61.4 Å². The number of carbonyl (C=O) groups excluding carboxylic acids is 2. The van der Waals surface area contributed by atoms with Crippen molar-refractivity contribution in [3.05, 3.63) is 47.0 Å². The molecule has 0 atom stereocenters. The van der Waals surface area contributed by atoms with Crippen molar-refractivity contribution < 1.29 is 19.1 Å². The summed E-state index contributed by atoms with van der Waals surface area (Å²) in [4.78, 5) is 27.7. The minimum absolute atomic E-state index is 0.0547. The largest absolute Gasteiger partial charge is 0.493 e. The van der Waals surface area contributed by atoms with Crippen LogP contribution in [0.2, 0.25) is 0 Å². The van der Waals surface area contributed by atoms with Gasteiger partial charge < -0.3 is 24.3 Å². The number of hydrogen-bond donors (Lipinski definition) is 1. The Morgan fingerprint density at radius 2 is 1.85 bits per heavy atom. The maximum Gasteiger partial charge on any atom is 0.270 e. The van der Waals surface area contributed by atoms with E-state index < -0.39 is 0 Å². The van der Waals surface area contributed by atoms with Crippen LogP contribution in [-0.4, -0.2) is 55.1 Å². The second kappa shape index (κ2) is 10.3. The summed E-state index contributed by atoms with van der Waals surface area (Å²) in [5.74, 6) is 1.46. The monoisotopic (exact) mass is 469 g/mol. The van der Waals surface area contributed by atoms with Crippen LogP contribution in [0.15, 0.2) is 35.7 Å². The van der Waals surface area contributed by atoms with Gasteiger partial charge in [-0.25, -0.2) is 0 Å². The zero-order valence-corrected chi connectivity index (χ0v) is 20.2. The van der Waals surface area contributed by atoms with Gasteiger partial charge in [0.2, 0.25) is 5.91 Å². The van der Waals surface area contributed by atoms with Crippen molar-refractivity contribution in [1.29, 1.82) is 0 Å². The summed E-state index contributed by atoms with van der Waals surface area (Å²) in [5.41, 5.74) is 2.94. The minimum Gasteiger partial charge on any atom is -0.493 e. The van der Waals surface area contributed by atoms with Gasteiger partial charge in [0.1, 0.15) is 5.69 Å². The highest BCUT2D eigenvalue weighted by Crippen LogP contribution is 2.28. The summed E-state index contributed by atoms with van der Waals surface area (Å²) >= 11 is 1.66. The van der Waals surface area contributed by atoms with Crippen LogP contribution in [0, 0.1) is 5.92 Å². The fourth-order valence-corrected chi connectivity index (χ4v) is 5.33. The Labute approximate surface area is 198 Å². The van der Waals surface area contributed by atoms with Crippen LogP contribution in [-0.2, 0) is 17.8 Å². The molecule has 4 rings (SSSR count). The SMILES string of the molecule is CCn1c(C(=O)N2CCC(C(=O)NCCc3ccc(OC)c(OC)c3)CC2)cc2sccc21. The normalized spacial score (nSPS) is 14.5. The molecule has 1 fully saturated rings. The van der Waals surface area contributed by atoms with Gasteiger partial charge in [0.05, 0.1) is 24.4 Å². The lowest BCUT2D eigenvalue weighted by molar-refractivity contribution is -0.126. The summed E-state index contributed by atoms with van der Waals surface area (Å²) in [6.45, 7) is 4.60. The van der Waals surface area contributed by atoms with Crippen LogP contribution in [0.4, 0.5) is 0 Å². The number of amides is 2. The van der Waals surface area contributed by atoms with Crippen molar-refractivity contribution in [2.75, 3.05) is 33.9 Å². The molecule has 0 aliphatic carbocycles. The molecule has 3 aromatic rings. The van der Waals surface area contributed by atoms with E-state index in [2.05, 4.69) is 28.3 Å². The highest BCUT2D eigenvalue weighted by molar-refractivity contribution is 7.17. The molecule has 1 N–H and O–H groups in total. The van der Waals surface area contributed by atoms with Crippen LogP contribution < -0.4 is 14.8 Å². The lowest BCUT2D eigenvalue weighted by Gasteiger charge is -2.31. The average Bonchev–Trinajstić information content (AvgIpc) is 3.44. The Kier molecular flexibility index (Phi) is 7.23. The number of likely N-dealkylation sites (tertiary alicyclic amines) is 1. The van der Waals surface area contributed by atoms with Gasteiger partial charge in [-0.3, -0.25) is 9.59 Å². The van der Waals surface area contributed by atoms with Crippen LogP contribution >= 0.6 is 11.3 Å². The van der Waals surface area contributed by atoms with E-state index in [1.54, 1.807) is 25.6 Å². The molecule has 176 valence electrons. The van der Waals surface area contributed by atoms with Gasteiger partial charge in [-0.2, -0.15) is 0 Å². The maximum atomic E-state index is 13.1. The number of nitrogens with zero attached hydrogens (tertiary/aromatic N) is 2. The van der Waals surface area contributed by atoms with Crippen molar-refractivity contribution >= 4 is 33.4 Å². The van der Waals surface area contributed by atoms with Crippen molar-refractivity contribution in [2.24, 2.45) is 5.92 Å². The van der Waals surface area contributed by atoms with Crippen LogP contribution in [0.1, 0.15) is 35.8 Å². The van der Waals surface area contributed by atoms with Crippen molar-refractivity contribution in [3.63, 3.8) is 0 Å². The zero-order valence-electron chi connectivity index (χ0n) is 19.4. The van der Waals surface area contributed by atoms with E-state index in [-0.39, 0.29) is 17.7 Å². The molecule has 0 saturated carbocycles. The Morgan fingerprint density at radius 3 is 2.55 bits per heavy atom. The first kappa shape index (κ1) is 23.2. The number of aryl methyl sites for hydroxylation is 1. The Bertz CT molecular complexity index is 1130. The number of rotatable bonds is 8. The third kappa shape index (κ3) is 4.85. The molecule has 3 heterocycles. The Hall–Kier alpha value is -3.00. The van der Waals surface area contributed by atoms with Crippen LogP contribution in [0.5, 0.6) is 11.5 Å². The maximum absolute atomic E-state index is 13.1. The summed E-state index contributed by atoms with van der Waals surface area (Å²) < 4.78 is 13.8. The number of hydrogen-bond acceptors (Lipinski definition) is 5. The lowest BCUT2D eigenvalue weighted by Crippen LogP contribution is -2.43. The molecule has 1 aromatic carbocycles. The Balaban J connectivity index is 1.27. The standard InChI is InChI=1S/C25H31N3O4S/c1-4-28-19-10-14-33-23(19)16-20(28)25(30)27-12-8-18(9-13-27)24(29)26-11-7-17-5-6-21(31-2)22(15-17)32-3/h5-6,10,14-16,18H,4,7-9,11-13H2,1-3H3,(H,26,29). The molecule has 0 bridgehead atoms. The fourth-order valence-electron chi connectivity index (χ4n) is 4.51. The van der Waals surface area contributed by atoms with E-state index >= 15 is 0 Å². The fraction of sp³-hybridized carbons (Fsp3) is 0.440. The molecule has 2 amide bonds. The molecule has 1 aliphatic rings. The molecular formula is C25H31N3O4S. The van der Waals surface area contributed by atoms with Crippen LogP contribution in [0.25, 0.3) is 10.2 Å². The van der Waals surface area contributed by atoms with E-state index in [4.69, 9.17) is 9.47 Å². The first-order chi connectivity index (χ1) is 16.0. The van der Waals surface area contributed by atoms with Gasteiger partial charge in [0.15, 0.2) is 11.5 Å². The number of fused-ring (bicyclic) bond motifs is 1. The van der Waals surface area contributed by atoms with Gasteiger partial charge in [0, 0.05) is 32.1 Å². The molecule has 0 spiro atoms. The molecule has 0 unspecified atom stereocenters. The topological polar surface area (TPSA) is 72.8 Å². The van der Waals surface area contributed by atoms with E-state index in [0.29, 0.717) is 50.4 Å². The quantitative estimate of drug-likeness (QED) is 0.542. The van der Waals surface area contributed by atoms with Gasteiger partial charge >= 0.3 is 0 Å². The van der Waals surface area contributed by atoms with Gasteiger partial charge in [-0.15, -0.1) is 11.3 Å². The van der Waals surface area contributed by atoms with Crippen LogP contribution in [0.3, 0.4) is 0 Å². The molecule has 1 aliphatic heterocycles. The zero-order chi connectivity index (χ0) is 23.4. The van der Waals surface area contributed by atoms with E-state index in [9.17, 15) is 9.59 Å². The summed E-state index contributed by atoms with van der Waals surface area (Å²) in [6, 6.07) is 9.86. The number of aromatic nitrogens is 1. The Morgan fingerprint density at radius 1 is 1.09 bits per heavy atom. The first-order valence-electron chi connectivity index (χ1n) is 11.4. The number of benzene rings is 1. The third-order valence-electron chi connectivity index (χ3n) is 6.37. The highest BCUT2D eigenvalue weighted by atomic mass is 32.1. The summed E-state index contributed by atoms with van der Waals surface area (Å²) in [6.07, 6.45) is 2.10. The number of methoxy groups -OCH3 is 2. The molecule has 8 heteroatoms. The molecule has 2 aromatic heterocycles. The molecule has 1 saturated heterocycles. The average molecular weight is 470 g/mol. The number of piperidine rings is 1. The van der Waals surface area contributed by atoms with E-state index in [1.807, 2.05) is 29.2 Å². The second-order valence-corrected chi connectivity index (χ2v) is 9.19. The van der Waals surface area contributed by atoms with Gasteiger partial charge in [-0.1, -0.05) is 6.07 Å². The summed E-state index contributed by atoms with van der Waals surface area (Å²) in [7, 11) is 3.23. The number of ether oxygens (including phenoxy) is 2. The minimum atomic E-state index is -0.0547. The van der Waals surface area contributed by atoms with Crippen molar-refractivity contribution in [3.8, 4) is 11.5 Å². The van der Waals surface area contributed by atoms with Gasteiger partial charge in [0.25, 0.3) is 5.91 Å². The molecule has 7 nitrogen and oxygen atoms in total. The second-order valence-electron chi connectivity index (χ2n) is 8.24. The number of carbonyl (C=O) groups is 2. The predicted octanol–water partition coefficient (Wildman–Crippen LogP) is 3.95. The van der Waals surface area contributed by atoms with Crippen molar-refractivity contribution in [1.82, 2.24) is 14.8 Å². The summed E-state index contributed by atoms with van der Waals surface area (Å²) in [5, 5.41) is 5.11. The molecular weight excluding hydrogens is 438 g/mol. The number of nitrogens with one attached hydrogen (secondary N) is 1. The van der Waals surface area contributed by atoms with Crippen molar-refractivity contribution in [2.45, 2.75) is 32.7 Å². The van der Waals surface area contributed by atoms with E-state index in [1.165, 1.54) is 0 Å². The third-order valence-corrected chi connectivity index (χ3v) is 7.23. The lowest BCUT2D eigenvalue weighted by atomic mass is 9.95. The first-order valence-corrected chi connectivity index (χ1v) is 12.3. The predicted molar refractivity (Wildman–Crippen MR) is 130 cm³/mol.